The summed E-state index contributed by atoms with van der Waals surface area (Å²) in [5.74, 6) is -5.49. The highest BCUT2D eigenvalue weighted by Gasteiger charge is 2.46. The first-order chi connectivity index (χ1) is 11.2. The van der Waals surface area contributed by atoms with E-state index >= 15 is 0 Å². The van der Waals surface area contributed by atoms with Gasteiger partial charge >= 0.3 is 10.2 Å². The summed E-state index contributed by atoms with van der Waals surface area (Å²) in [4.78, 5) is 48.6. The maximum Gasteiger partial charge on any atom is 0.344 e. The predicted octanol–water partition coefficient (Wildman–Crippen LogP) is -3.67. The normalized spacial score (nSPS) is 16.3. The molecule has 0 aromatic heterocycles. The van der Waals surface area contributed by atoms with Crippen LogP contribution in [0.15, 0.2) is 0 Å². The van der Waals surface area contributed by atoms with E-state index in [0.717, 1.165) is 27.7 Å². The van der Waals surface area contributed by atoms with Crippen molar-refractivity contribution in [3.8, 4) is 0 Å². The standard InChI is InChI=1S/C12H24N6O6S/c1-5(13)9(19)17(10(20)6(2)14)25(23,24)18(11(21)7(3)15)12(22)8(4)16/h5-8H,13-16H2,1-4H3/t5-,6-,7-,8-/m0/s1. The number of hydrogen-bond acceptors (Lipinski definition) is 10. The SMILES string of the molecule is C[C@H](N)C(=O)N(C(=O)[C@H](C)N)S(=O)(=O)N(C(=O)[C@H](C)N)C(=O)[C@H](C)N. The zero-order valence-corrected chi connectivity index (χ0v) is 15.2. The van der Waals surface area contributed by atoms with Gasteiger partial charge in [0.15, 0.2) is 0 Å². The highest BCUT2D eigenvalue weighted by atomic mass is 32.2. The second-order valence-electron chi connectivity index (χ2n) is 5.54. The first-order valence-corrected chi connectivity index (χ1v) is 8.60. The molecule has 4 atom stereocenters. The van der Waals surface area contributed by atoms with Gasteiger partial charge in [0, 0.05) is 0 Å². The van der Waals surface area contributed by atoms with E-state index in [2.05, 4.69) is 0 Å². The molecule has 0 aliphatic carbocycles. The molecule has 0 fully saturated rings. The Kier molecular flexibility index (Phi) is 7.79. The molecule has 0 aliphatic heterocycles. The molecule has 0 unspecified atom stereocenters. The van der Waals surface area contributed by atoms with Crippen molar-refractivity contribution in [2.24, 2.45) is 22.9 Å². The highest BCUT2D eigenvalue weighted by Crippen LogP contribution is 2.15. The number of amides is 4. The van der Waals surface area contributed by atoms with E-state index in [1.54, 1.807) is 0 Å². The molecule has 8 N–H and O–H groups in total. The van der Waals surface area contributed by atoms with Gasteiger partial charge in [-0.2, -0.15) is 17.0 Å². The minimum atomic E-state index is -5.29. The first-order valence-electron chi connectivity index (χ1n) is 7.21. The molecular weight excluding hydrogens is 356 g/mol. The molecular formula is C12H24N6O6S. The minimum absolute atomic E-state index is 0.303. The lowest BCUT2D eigenvalue weighted by Crippen LogP contribution is -2.62. The molecule has 0 spiro atoms. The van der Waals surface area contributed by atoms with Crippen molar-refractivity contribution in [1.29, 1.82) is 0 Å². The fraction of sp³-hybridized carbons (Fsp3) is 0.667. The molecule has 0 radical (unpaired) electrons. The molecule has 0 rings (SSSR count). The molecule has 0 saturated carbocycles. The summed E-state index contributed by atoms with van der Waals surface area (Å²) in [6.45, 7) is 4.46. The molecule has 0 aromatic rings. The van der Waals surface area contributed by atoms with Crippen LogP contribution in [0.25, 0.3) is 0 Å². The zero-order chi connectivity index (χ0) is 20.3. The van der Waals surface area contributed by atoms with Gasteiger partial charge in [0.2, 0.25) is 0 Å². The van der Waals surface area contributed by atoms with Crippen LogP contribution in [0.2, 0.25) is 0 Å². The van der Waals surface area contributed by atoms with Crippen LogP contribution in [0.4, 0.5) is 0 Å². The lowest BCUT2D eigenvalue weighted by atomic mass is 10.3. The summed E-state index contributed by atoms with van der Waals surface area (Å²) in [5.41, 5.74) is 21.4. The van der Waals surface area contributed by atoms with Crippen molar-refractivity contribution in [3.05, 3.63) is 0 Å². The molecule has 4 amide bonds. The monoisotopic (exact) mass is 380 g/mol. The summed E-state index contributed by atoms with van der Waals surface area (Å²) in [6, 6.07) is -5.74. The van der Waals surface area contributed by atoms with Crippen LogP contribution in [0.1, 0.15) is 27.7 Å². The van der Waals surface area contributed by atoms with Crippen LogP contribution in [0.5, 0.6) is 0 Å². The molecule has 0 aromatic carbocycles. The summed E-state index contributed by atoms with van der Waals surface area (Å²) in [6.07, 6.45) is 0. The van der Waals surface area contributed by atoms with Gasteiger partial charge in [-0.05, 0) is 27.7 Å². The molecule has 0 aliphatic rings. The quantitative estimate of drug-likeness (QED) is 0.354. The van der Waals surface area contributed by atoms with Crippen molar-refractivity contribution in [3.63, 3.8) is 0 Å². The van der Waals surface area contributed by atoms with Gasteiger partial charge in [-0.3, -0.25) is 19.2 Å². The Morgan fingerprint density at radius 3 is 0.880 bits per heavy atom. The summed E-state index contributed by atoms with van der Waals surface area (Å²) in [7, 11) is -5.29. The number of nitrogens with two attached hydrogens (primary N) is 4. The number of nitrogens with zero attached hydrogens (tertiary/aromatic N) is 2. The highest BCUT2D eigenvalue weighted by molar-refractivity contribution is 7.89. The van der Waals surface area contributed by atoms with Gasteiger partial charge in [-0.15, -0.1) is 0 Å². The van der Waals surface area contributed by atoms with Crippen LogP contribution in [0.3, 0.4) is 0 Å². The first kappa shape index (κ1) is 23.1. The zero-order valence-electron chi connectivity index (χ0n) is 14.4. The van der Waals surface area contributed by atoms with Gasteiger partial charge in [-0.25, -0.2) is 0 Å². The fourth-order valence-electron chi connectivity index (χ4n) is 1.49. The average molecular weight is 380 g/mol. The van der Waals surface area contributed by atoms with Crippen LogP contribution >= 0.6 is 0 Å². The topological polar surface area (TPSA) is 213 Å². The van der Waals surface area contributed by atoms with E-state index in [-0.39, 0.29) is 8.61 Å². The second kappa shape index (κ2) is 8.44. The van der Waals surface area contributed by atoms with Crippen LogP contribution in [-0.4, -0.2) is 64.8 Å². The molecule has 25 heavy (non-hydrogen) atoms. The van der Waals surface area contributed by atoms with Gasteiger partial charge in [0.05, 0.1) is 24.2 Å². The maximum absolute atomic E-state index is 12.8. The van der Waals surface area contributed by atoms with E-state index in [1.807, 2.05) is 0 Å². The number of hydrogen-bond donors (Lipinski definition) is 4. The van der Waals surface area contributed by atoms with Crippen LogP contribution < -0.4 is 22.9 Å². The van der Waals surface area contributed by atoms with Crippen LogP contribution in [-0.2, 0) is 29.4 Å². The van der Waals surface area contributed by atoms with E-state index < -0.39 is 58.0 Å². The molecule has 0 heterocycles. The number of imide groups is 2. The van der Waals surface area contributed by atoms with Crippen molar-refractivity contribution >= 4 is 33.8 Å². The average Bonchev–Trinajstić information content (AvgIpc) is 2.45. The Bertz CT molecular complexity index is 567. The number of carbonyl (C=O) groups excluding carboxylic acids is 4. The minimum Gasteiger partial charge on any atom is -0.320 e. The predicted molar refractivity (Wildman–Crippen MR) is 87.2 cm³/mol. The third kappa shape index (κ3) is 5.02. The Morgan fingerprint density at radius 1 is 0.600 bits per heavy atom. The van der Waals surface area contributed by atoms with Crippen molar-refractivity contribution < 1.29 is 27.6 Å². The Balaban J connectivity index is 6.51. The maximum atomic E-state index is 12.8. The van der Waals surface area contributed by atoms with Gasteiger partial charge in [-0.1, -0.05) is 0 Å². The summed E-state index contributed by atoms with van der Waals surface area (Å²) >= 11 is 0. The number of rotatable bonds is 6. The Labute approximate surface area is 145 Å². The van der Waals surface area contributed by atoms with E-state index in [1.165, 1.54) is 0 Å². The van der Waals surface area contributed by atoms with Crippen molar-refractivity contribution in [1.82, 2.24) is 8.61 Å². The Hall–Kier alpha value is -1.93. The van der Waals surface area contributed by atoms with Crippen LogP contribution in [0, 0.1) is 0 Å². The smallest absolute Gasteiger partial charge is 0.320 e. The fourth-order valence-corrected chi connectivity index (χ4v) is 3.23. The van der Waals surface area contributed by atoms with Gasteiger partial charge < -0.3 is 22.9 Å². The lowest BCUT2D eigenvalue weighted by molar-refractivity contribution is -0.141. The van der Waals surface area contributed by atoms with E-state index in [0.29, 0.717) is 0 Å². The van der Waals surface area contributed by atoms with Crippen molar-refractivity contribution in [2.45, 2.75) is 51.9 Å². The molecule has 12 nitrogen and oxygen atoms in total. The van der Waals surface area contributed by atoms with Gasteiger partial charge in [0.25, 0.3) is 23.6 Å². The van der Waals surface area contributed by atoms with Crippen molar-refractivity contribution in [2.75, 3.05) is 0 Å². The third-order valence-electron chi connectivity index (χ3n) is 2.82. The third-order valence-corrected chi connectivity index (χ3v) is 4.46. The molecule has 144 valence electrons. The summed E-state index contributed by atoms with van der Waals surface area (Å²) < 4.78 is 24.9. The molecule has 0 saturated heterocycles. The van der Waals surface area contributed by atoms with E-state index in [9.17, 15) is 27.6 Å². The summed E-state index contributed by atoms with van der Waals surface area (Å²) in [5, 5.41) is 0. The Morgan fingerprint density at radius 2 is 0.760 bits per heavy atom. The lowest BCUT2D eigenvalue weighted by Gasteiger charge is -2.30. The number of carbonyl (C=O) groups is 4. The molecule has 0 bridgehead atoms. The largest absolute Gasteiger partial charge is 0.344 e. The molecule has 13 heteroatoms. The van der Waals surface area contributed by atoms with E-state index in [4.69, 9.17) is 22.9 Å². The van der Waals surface area contributed by atoms with Gasteiger partial charge in [0.1, 0.15) is 0 Å². The second-order valence-corrected chi connectivity index (χ2v) is 7.17.